The van der Waals surface area contributed by atoms with Crippen molar-refractivity contribution in [3.8, 4) is 12.1 Å². The maximum atomic E-state index is 8.99. The molecule has 0 unspecified atom stereocenters. The minimum atomic E-state index is 0.246. The van der Waals surface area contributed by atoms with Gasteiger partial charge in [0.1, 0.15) is 18.0 Å². The Bertz CT molecular complexity index is 652. The van der Waals surface area contributed by atoms with Crippen LogP contribution < -0.4 is 5.32 Å². The third-order valence-corrected chi connectivity index (χ3v) is 2.62. The summed E-state index contributed by atoms with van der Waals surface area (Å²) >= 11 is 3.33. The molecule has 0 spiro atoms. The van der Waals surface area contributed by atoms with Crippen LogP contribution in [0.1, 0.15) is 11.3 Å². The van der Waals surface area contributed by atoms with Crippen LogP contribution in [-0.2, 0) is 0 Å². The lowest BCUT2D eigenvalue weighted by molar-refractivity contribution is 1.16. The molecular formula is C12H6BrN5. The van der Waals surface area contributed by atoms with Gasteiger partial charge in [0.15, 0.2) is 5.69 Å². The predicted octanol–water partition coefficient (Wildman–Crippen LogP) is 2.73. The summed E-state index contributed by atoms with van der Waals surface area (Å²) < 4.78 is 0.852. The highest BCUT2D eigenvalue weighted by Crippen LogP contribution is 2.23. The lowest BCUT2D eigenvalue weighted by atomic mass is 10.2. The van der Waals surface area contributed by atoms with Gasteiger partial charge in [0.25, 0.3) is 0 Å². The van der Waals surface area contributed by atoms with Crippen LogP contribution in [0.4, 0.5) is 11.5 Å². The number of rotatable bonds is 2. The van der Waals surface area contributed by atoms with Crippen LogP contribution >= 0.6 is 15.9 Å². The zero-order chi connectivity index (χ0) is 13.0. The molecule has 2 rings (SSSR count). The van der Waals surface area contributed by atoms with E-state index in [1.54, 1.807) is 18.2 Å². The summed E-state index contributed by atoms with van der Waals surface area (Å²) in [5.74, 6) is 0.476. The smallest absolute Gasteiger partial charge is 0.158 e. The molecule has 2 aromatic rings. The van der Waals surface area contributed by atoms with Crippen molar-refractivity contribution in [3.05, 3.63) is 46.3 Å². The van der Waals surface area contributed by atoms with Crippen LogP contribution in [0.2, 0.25) is 0 Å². The van der Waals surface area contributed by atoms with Gasteiger partial charge in [-0.25, -0.2) is 9.97 Å². The maximum absolute atomic E-state index is 8.99. The highest BCUT2D eigenvalue weighted by molar-refractivity contribution is 9.10. The van der Waals surface area contributed by atoms with E-state index in [9.17, 15) is 0 Å². The maximum Gasteiger partial charge on any atom is 0.158 e. The molecule has 0 aliphatic rings. The van der Waals surface area contributed by atoms with Gasteiger partial charge in [-0.3, -0.25) is 0 Å². The summed E-state index contributed by atoms with van der Waals surface area (Å²) in [6, 6.07) is 9.23. The minimum Gasteiger partial charge on any atom is -0.338 e. The first-order valence-corrected chi connectivity index (χ1v) is 5.71. The van der Waals surface area contributed by atoms with E-state index in [2.05, 4.69) is 37.3 Å². The third-order valence-electron chi connectivity index (χ3n) is 2.13. The third kappa shape index (κ3) is 2.62. The lowest BCUT2D eigenvalue weighted by Gasteiger charge is -2.07. The molecule has 0 bridgehead atoms. The van der Waals surface area contributed by atoms with E-state index >= 15 is 0 Å². The van der Waals surface area contributed by atoms with E-state index < -0.39 is 0 Å². The molecule has 6 heteroatoms. The topological polar surface area (TPSA) is 85.4 Å². The molecular weight excluding hydrogens is 294 g/mol. The van der Waals surface area contributed by atoms with Crippen molar-refractivity contribution in [1.29, 1.82) is 10.5 Å². The Labute approximate surface area is 112 Å². The second-order valence-electron chi connectivity index (χ2n) is 3.33. The van der Waals surface area contributed by atoms with Gasteiger partial charge in [0.05, 0.1) is 23.6 Å². The van der Waals surface area contributed by atoms with E-state index in [4.69, 9.17) is 10.5 Å². The fraction of sp³-hybridized carbons (Fsp3) is 0. The second-order valence-corrected chi connectivity index (χ2v) is 4.24. The van der Waals surface area contributed by atoms with Crippen LogP contribution in [0.5, 0.6) is 0 Å². The molecule has 0 atom stereocenters. The quantitative estimate of drug-likeness (QED) is 0.921. The van der Waals surface area contributed by atoms with Gasteiger partial charge in [-0.2, -0.15) is 10.5 Å². The number of halogens is 1. The van der Waals surface area contributed by atoms with E-state index in [-0.39, 0.29) is 5.69 Å². The van der Waals surface area contributed by atoms with Crippen molar-refractivity contribution >= 4 is 27.4 Å². The molecule has 0 amide bonds. The summed E-state index contributed by atoms with van der Waals surface area (Å²) in [5, 5.41) is 20.6. The molecule has 0 radical (unpaired) electrons. The molecule has 5 nitrogen and oxygen atoms in total. The van der Waals surface area contributed by atoms with Crippen molar-refractivity contribution in [1.82, 2.24) is 9.97 Å². The second kappa shape index (κ2) is 5.26. The summed E-state index contributed by atoms with van der Waals surface area (Å²) in [5.41, 5.74) is 1.38. The number of anilines is 2. The predicted molar refractivity (Wildman–Crippen MR) is 68.9 cm³/mol. The van der Waals surface area contributed by atoms with Crippen LogP contribution in [0.15, 0.2) is 35.1 Å². The van der Waals surface area contributed by atoms with Crippen molar-refractivity contribution in [2.24, 2.45) is 0 Å². The SMILES string of the molecule is N#Cc1cnc(Nc2cc(Br)ccc2C#N)cn1. The first-order valence-electron chi connectivity index (χ1n) is 4.92. The van der Waals surface area contributed by atoms with Crippen LogP contribution in [0.25, 0.3) is 0 Å². The molecule has 86 valence electrons. The summed E-state index contributed by atoms with van der Waals surface area (Å²) in [7, 11) is 0. The van der Waals surface area contributed by atoms with E-state index in [0.717, 1.165) is 4.47 Å². The summed E-state index contributed by atoms with van der Waals surface area (Å²) in [6.07, 6.45) is 2.81. The first-order chi connectivity index (χ1) is 8.72. The molecule has 0 saturated heterocycles. The number of nitrogens with zero attached hydrogens (tertiary/aromatic N) is 4. The average molecular weight is 300 g/mol. The molecule has 0 aliphatic heterocycles. The van der Waals surface area contributed by atoms with E-state index in [0.29, 0.717) is 17.1 Å². The van der Waals surface area contributed by atoms with E-state index in [1.807, 2.05) is 6.07 Å². The Morgan fingerprint density at radius 2 is 1.94 bits per heavy atom. The molecule has 1 aromatic carbocycles. The van der Waals surface area contributed by atoms with Gasteiger partial charge >= 0.3 is 0 Å². The van der Waals surface area contributed by atoms with Gasteiger partial charge < -0.3 is 5.32 Å². The fourth-order valence-electron chi connectivity index (χ4n) is 1.31. The number of aromatic nitrogens is 2. The van der Waals surface area contributed by atoms with Crippen LogP contribution in [0, 0.1) is 22.7 Å². The Balaban J connectivity index is 2.31. The Hall–Kier alpha value is -2.44. The van der Waals surface area contributed by atoms with Crippen LogP contribution in [0.3, 0.4) is 0 Å². The first kappa shape index (κ1) is 12.0. The van der Waals surface area contributed by atoms with E-state index in [1.165, 1.54) is 12.4 Å². The number of hydrogen-bond donors (Lipinski definition) is 1. The van der Waals surface area contributed by atoms with Gasteiger partial charge in [0, 0.05) is 4.47 Å². The molecule has 0 fully saturated rings. The standard InChI is InChI=1S/C12H6BrN5/c13-9-2-1-8(4-14)11(3-9)18-12-7-16-10(5-15)6-17-12/h1-3,6-7H,(H,17,18). The highest BCUT2D eigenvalue weighted by atomic mass is 79.9. The zero-order valence-corrected chi connectivity index (χ0v) is 10.6. The Kier molecular flexibility index (Phi) is 3.52. The monoisotopic (exact) mass is 299 g/mol. The molecule has 18 heavy (non-hydrogen) atoms. The molecule has 0 aliphatic carbocycles. The molecule has 1 aromatic heterocycles. The van der Waals surface area contributed by atoms with Gasteiger partial charge in [0.2, 0.25) is 0 Å². The van der Waals surface area contributed by atoms with Gasteiger partial charge in [-0.1, -0.05) is 15.9 Å². The lowest BCUT2D eigenvalue weighted by Crippen LogP contribution is -1.97. The number of nitriles is 2. The number of benzene rings is 1. The number of nitrogens with one attached hydrogen (secondary N) is 1. The molecule has 1 heterocycles. The van der Waals surface area contributed by atoms with Gasteiger partial charge in [-0.05, 0) is 18.2 Å². The van der Waals surface area contributed by atoms with Crippen molar-refractivity contribution in [2.45, 2.75) is 0 Å². The largest absolute Gasteiger partial charge is 0.338 e. The summed E-state index contributed by atoms with van der Waals surface area (Å²) in [6.45, 7) is 0. The summed E-state index contributed by atoms with van der Waals surface area (Å²) in [4.78, 5) is 7.92. The van der Waals surface area contributed by atoms with Crippen LogP contribution in [-0.4, -0.2) is 9.97 Å². The fourth-order valence-corrected chi connectivity index (χ4v) is 1.67. The molecule has 1 N–H and O–H groups in total. The van der Waals surface area contributed by atoms with Crippen molar-refractivity contribution in [3.63, 3.8) is 0 Å². The molecule has 0 saturated carbocycles. The average Bonchev–Trinajstić information content (AvgIpc) is 2.40. The van der Waals surface area contributed by atoms with Gasteiger partial charge in [-0.15, -0.1) is 0 Å². The zero-order valence-electron chi connectivity index (χ0n) is 9.05. The van der Waals surface area contributed by atoms with Crippen molar-refractivity contribution < 1.29 is 0 Å². The Morgan fingerprint density at radius 1 is 1.11 bits per heavy atom. The minimum absolute atomic E-state index is 0.246. The number of hydrogen-bond acceptors (Lipinski definition) is 5. The highest BCUT2D eigenvalue weighted by Gasteiger charge is 2.04. The Morgan fingerprint density at radius 3 is 2.56 bits per heavy atom. The normalized spacial score (nSPS) is 9.28. The van der Waals surface area contributed by atoms with Crippen molar-refractivity contribution in [2.75, 3.05) is 5.32 Å².